The molecule has 5 nitrogen and oxygen atoms in total. The first-order valence-electron chi connectivity index (χ1n) is 4.35. The molecule has 6 heteroatoms. The van der Waals surface area contributed by atoms with Gasteiger partial charge in [0, 0.05) is 10.2 Å². The molecule has 0 aliphatic heterocycles. The Labute approximate surface area is 101 Å². The molecule has 82 valence electrons. The number of benzene rings is 1. The van der Waals surface area contributed by atoms with Crippen LogP contribution in [0.3, 0.4) is 0 Å². The summed E-state index contributed by atoms with van der Waals surface area (Å²) >= 11 is 3.25. The Hall–Kier alpha value is -1.87. The maximum absolute atomic E-state index is 11.3. The van der Waals surface area contributed by atoms with Crippen molar-refractivity contribution in [2.75, 3.05) is 11.9 Å². The largest absolute Gasteiger partial charge is 0.335 e. The van der Waals surface area contributed by atoms with Crippen molar-refractivity contribution in [1.82, 2.24) is 5.32 Å². The first-order valence-corrected chi connectivity index (χ1v) is 5.14. The van der Waals surface area contributed by atoms with Gasteiger partial charge in [0.1, 0.15) is 6.54 Å². The van der Waals surface area contributed by atoms with E-state index in [-0.39, 0.29) is 6.54 Å². The van der Waals surface area contributed by atoms with Gasteiger partial charge < -0.3 is 10.6 Å². The Bertz CT molecular complexity index is 436. The highest BCUT2D eigenvalue weighted by atomic mass is 79.9. The van der Waals surface area contributed by atoms with Crippen LogP contribution >= 0.6 is 15.9 Å². The van der Waals surface area contributed by atoms with E-state index in [0.29, 0.717) is 5.69 Å². The van der Waals surface area contributed by atoms with Crippen LogP contribution in [0.5, 0.6) is 0 Å². The maximum Gasteiger partial charge on any atom is 0.313 e. The van der Waals surface area contributed by atoms with Gasteiger partial charge >= 0.3 is 11.8 Å². The third kappa shape index (κ3) is 3.71. The SMILES string of the molecule is N#CCNC(=O)C(=O)Nc1ccc(Br)cc1. The van der Waals surface area contributed by atoms with Crippen LogP contribution in [0.1, 0.15) is 0 Å². The van der Waals surface area contributed by atoms with E-state index in [4.69, 9.17) is 5.26 Å². The molecule has 0 spiro atoms. The third-order valence-corrected chi connectivity index (χ3v) is 2.16. The molecule has 0 aliphatic carbocycles. The van der Waals surface area contributed by atoms with Crippen molar-refractivity contribution >= 4 is 33.4 Å². The molecule has 0 radical (unpaired) electrons. The Morgan fingerprint density at radius 2 is 1.88 bits per heavy atom. The van der Waals surface area contributed by atoms with E-state index in [1.54, 1.807) is 30.3 Å². The van der Waals surface area contributed by atoms with Crippen LogP contribution in [-0.4, -0.2) is 18.4 Å². The minimum absolute atomic E-state index is 0.188. The van der Waals surface area contributed by atoms with Gasteiger partial charge in [-0.2, -0.15) is 5.26 Å². The molecule has 0 fully saturated rings. The fraction of sp³-hybridized carbons (Fsp3) is 0.100. The summed E-state index contributed by atoms with van der Waals surface area (Å²) < 4.78 is 0.874. The molecule has 0 bridgehead atoms. The van der Waals surface area contributed by atoms with Crippen molar-refractivity contribution < 1.29 is 9.59 Å². The zero-order valence-electron chi connectivity index (χ0n) is 8.16. The van der Waals surface area contributed by atoms with Gasteiger partial charge in [-0.3, -0.25) is 9.59 Å². The number of carbonyl (C=O) groups is 2. The summed E-state index contributed by atoms with van der Waals surface area (Å²) in [5.41, 5.74) is 0.514. The molecule has 2 amide bonds. The number of carbonyl (C=O) groups excluding carboxylic acids is 2. The highest BCUT2D eigenvalue weighted by molar-refractivity contribution is 9.10. The summed E-state index contributed by atoms with van der Waals surface area (Å²) in [6.07, 6.45) is 0. The summed E-state index contributed by atoms with van der Waals surface area (Å²) in [5, 5.41) is 12.8. The predicted octanol–water partition coefficient (Wildman–Crippen LogP) is 1.03. The van der Waals surface area contributed by atoms with Crippen LogP contribution in [0.2, 0.25) is 0 Å². The van der Waals surface area contributed by atoms with Gasteiger partial charge in [0.25, 0.3) is 0 Å². The Kier molecular flexibility index (Phi) is 4.48. The van der Waals surface area contributed by atoms with E-state index in [0.717, 1.165) is 4.47 Å². The van der Waals surface area contributed by atoms with E-state index in [1.807, 2.05) is 0 Å². The topological polar surface area (TPSA) is 82.0 Å². The second kappa shape index (κ2) is 5.88. The molecular weight excluding hydrogens is 274 g/mol. The smallest absolute Gasteiger partial charge is 0.313 e. The highest BCUT2D eigenvalue weighted by Crippen LogP contribution is 2.13. The molecular formula is C10H8BrN3O2. The third-order valence-electron chi connectivity index (χ3n) is 1.64. The summed E-state index contributed by atoms with van der Waals surface area (Å²) in [6, 6.07) is 8.49. The number of nitriles is 1. The van der Waals surface area contributed by atoms with Crippen molar-refractivity contribution in [1.29, 1.82) is 5.26 Å². The zero-order chi connectivity index (χ0) is 12.0. The summed E-state index contributed by atoms with van der Waals surface area (Å²) in [7, 11) is 0. The van der Waals surface area contributed by atoms with Gasteiger partial charge in [0.05, 0.1) is 6.07 Å². The van der Waals surface area contributed by atoms with Crippen LogP contribution in [0.4, 0.5) is 5.69 Å². The molecule has 1 aromatic carbocycles. The standard InChI is InChI=1S/C10H8BrN3O2/c11-7-1-3-8(4-2-7)14-10(16)9(15)13-6-5-12/h1-4H,6H2,(H,13,15)(H,14,16). The minimum Gasteiger partial charge on any atom is -0.335 e. The van der Waals surface area contributed by atoms with E-state index < -0.39 is 11.8 Å². The van der Waals surface area contributed by atoms with E-state index >= 15 is 0 Å². The number of nitrogens with zero attached hydrogens (tertiary/aromatic N) is 1. The van der Waals surface area contributed by atoms with Crippen molar-refractivity contribution in [3.63, 3.8) is 0 Å². The lowest BCUT2D eigenvalue weighted by Crippen LogP contribution is -2.35. The van der Waals surface area contributed by atoms with Crippen LogP contribution in [0.25, 0.3) is 0 Å². The molecule has 0 atom stereocenters. The fourth-order valence-electron chi connectivity index (χ4n) is 0.921. The number of anilines is 1. The number of hydrogen-bond acceptors (Lipinski definition) is 3. The van der Waals surface area contributed by atoms with Crippen LogP contribution < -0.4 is 10.6 Å². The van der Waals surface area contributed by atoms with Crippen LogP contribution in [0, 0.1) is 11.3 Å². The summed E-state index contributed by atoms with van der Waals surface area (Å²) in [5.74, 6) is -1.62. The molecule has 2 N–H and O–H groups in total. The van der Waals surface area contributed by atoms with Crippen molar-refractivity contribution in [2.45, 2.75) is 0 Å². The molecule has 0 saturated heterocycles. The quantitative estimate of drug-likeness (QED) is 0.627. The maximum atomic E-state index is 11.3. The highest BCUT2D eigenvalue weighted by Gasteiger charge is 2.12. The van der Waals surface area contributed by atoms with E-state index in [1.165, 1.54) is 0 Å². The monoisotopic (exact) mass is 281 g/mol. The van der Waals surface area contributed by atoms with Crippen molar-refractivity contribution in [3.05, 3.63) is 28.7 Å². The molecule has 0 unspecified atom stereocenters. The Morgan fingerprint density at radius 3 is 2.44 bits per heavy atom. The zero-order valence-corrected chi connectivity index (χ0v) is 9.74. The molecule has 0 saturated carbocycles. The van der Waals surface area contributed by atoms with Crippen molar-refractivity contribution in [2.24, 2.45) is 0 Å². The average Bonchev–Trinajstić information content (AvgIpc) is 2.29. The second-order valence-electron chi connectivity index (χ2n) is 2.80. The predicted molar refractivity (Wildman–Crippen MR) is 61.4 cm³/mol. The summed E-state index contributed by atoms with van der Waals surface area (Å²) in [4.78, 5) is 22.3. The van der Waals surface area contributed by atoms with Gasteiger partial charge in [0.15, 0.2) is 0 Å². The van der Waals surface area contributed by atoms with Crippen molar-refractivity contribution in [3.8, 4) is 6.07 Å². The molecule has 0 heterocycles. The first-order chi connectivity index (χ1) is 7.63. The fourth-order valence-corrected chi connectivity index (χ4v) is 1.19. The normalized spacial score (nSPS) is 9.00. The number of amides is 2. The lowest BCUT2D eigenvalue weighted by molar-refractivity contribution is -0.136. The average molecular weight is 282 g/mol. The number of nitrogens with one attached hydrogen (secondary N) is 2. The van der Waals surface area contributed by atoms with Crippen LogP contribution in [0.15, 0.2) is 28.7 Å². The van der Waals surface area contributed by atoms with Gasteiger partial charge in [-0.15, -0.1) is 0 Å². The molecule has 0 aliphatic rings. The molecule has 16 heavy (non-hydrogen) atoms. The minimum atomic E-state index is -0.829. The molecule has 1 rings (SSSR count). The van der Waals surface area contributed by atoms with E-state index in [2.05, 4.69) is 26.6 Å². The van der Waals surface area contributed by atoms with Crippen LogP contribution in [-0.2, 0) is 9.59 Å². The number of rotatable bonds is 2. The molecule has 1 aromatic rings. The first kappa shape index (κ1) is 12.2. The molecule has 0 aromatic heterocycles. The van der Waals surface area contributed by atoms with Gasteiger partial charge in [-0.05, 0) is 24.3 Å². The lowest BCUT2D eigenvalue weighted by atomic mass is 10.3. The summed E-state index contributed by atoms with van der Waals surface area (Å²) in [6.45, 7) is -0.188. The number of hydrogen-bond donors (Lipinski definition) is 2. The van der Waals surface area contributed by atoms with Gasteiger partial charge in [-0.1, -0.05) is 15.9 Å². The van der Waals surface area contributed by atoms with E-state index in [9.17, 15) is 9.59 Å². The van der Waals surface area contributed by atoms with Gasteiger partial charge in [0.2, 0.25) is 0 Å². The van der Waals surface area contributed by atoms with Gasteiger partial charge in [-0.25, -0.2) is 0 Å². The Morgan fingerprint density at radius 1 is 1.25 bits per heavy atom. The number of halogens is 1. The second-order valence-corrected chi connectivity index (χ2v) is 3.72. The lowest BCUT2D eigenvalue weighted by Gasteiger charge is -2.04. The Balaban J connectivity index is 2.55.